The molecule has 108 valence electrons. The highest BCUT2D eigenvalue weighted by molar-refractivity contribution is 7.10. The lowest BCUT2D eigenvalue weighted by Gasteiger charge is -2.36. The number of hydrogen-bond donors (Lipinski definition) is 1. The van der Waals surface area contributed by atoms with Crippen molar-refractivity contribution in [3.05, 3.63) is 51.7 Å². The molecule has 3 heteroatoms. The second kappa shape index (κ2) is 6.34. The SMILES string of the molecule is CC1CCc2ccccc2N1Cc1cc(C#CCN)cs1. The van der Waals surface area contributed by atoms with Crippen molar-refractivity contribution in [3.63, 3.8) is 0 Å². The first-order valence-corrected chi connectivity index (χ1v) is 8.27. The molecule has 0 aliphatic carbocycles. The quantitative estimate of drug-likeness (QED) is 0.861. The maximum atomic E-state index is 5.43. The third kappa shape index (κ3) is 3.12. The van der Waals surface area contributed by atoms with Crippen molar-refractivity contribution in [1.82, 2.24) is 0 Å². The molecule has 2 N–H and O–H groups in total. The fraction of sp³-hybridized carbons (Fsp3) is 0.333. The second-order valence-electron chi connectivity index (χ2n) is 5.45. The van der Waals surface area contributed by atoms with Crippen LogP contribution in [0.5, 0.6) is 0 Å². The smallest absolute Gasteiger partial charge is 0.0555 e. The normalized spacial score (nSPS) is 17.0. The van der Waals surface area contributed by atoms with E-state index in [4.69, 9.17) is 5.73 Å². The van der Waals surface area contributed by atoms with Crippen LogP contribution in [-0.4, -0.2) is 12.6 Å². The van der Waals surface area contributed by atoms with Crippen molar-refractivity contribution in [2.24, 2.45) is 5.73 Å². The highest BCUT2D eigenvalue weighted by Crippen LogP contribution is 2.32. The van der Waals surface area contributed by atoms with Crippen molar-refractivity contribution in [2.45, 2.75) is 32.4 Å². The van der Waals surface area contributed by atoms with E-state index in [9.17, 15) is 0 Å². The third-order valence-corrected chi connectivity index (χ3v) is 4.90. The molecule has 0 radical (unpaired) electrons. The first-order valence-electron chi connectivity index (χ1n) is 7.39. The first kappa shape index (κ1) is 14.2. The van der Waals surface area contributed by atoms with Gasteiger partial charge in [-0.15, -0.1) is 11.3 Å². The Morgan fingerprint density at radius 2 is 2.24 bits per heavy atom. The lowest BCUT2D eigenvalue weighted by Crippen LogP contribution is -2.36. The number of aryl methyl sites for hydroxylation is 1. The number of rotatable bonds is 2. The summed E-state index contributed by atoms with van der Waals surface area (Å²) < 4.78 is 0. The summed E-state index contributed by atoms with van der Waals surface area (Å²) in [4.78, 5) is 3.88. The maximum Gasteiger partial charge on any atom is 0.0555 e. The zero-order chi connectivity index (χ0) is 14.7. The molecular weight excluding hydrogens is 276 g/mol. The molecule has 2 nitrogen and oxygen atoms in total. The minimum absolute atomic E-state index is 0.418. The van der Waals surface area contributed by atoms with E-state index < -0.39 is 0 Å². The molecule has 0 spiro atoms. The van der Waals surface area contributed by atoms with Crippen LogP contribution in [0.4, 0.5) is 5.69 Å². The van der Waals surface area contributed by atoms with Gasteiger partial charge in [0.2, 0.25) is 0 Å². The van der Waals surface area contributed by atoms with Gasteiger partial charge in [0, 0.05) is 27.5 Å². The first-order chi connectivity index (χ1) is 10.3. The summed E-state index contributed by atoms with van der Waals surface area (Å²) in [6.45, 7) is 3.70. The fourth-order valence-corrected chi connectivity index (χ4v) is 3.67. The molecule has 0 fully saturated rings. The van der Waals surface area contributed by atoms with E-state index in [1.807, 2.05) is 0 Å². The van der Waals surface area contributed by atoms with E-state index in [1.54, 1.807) is 11.3 Å². The Morgan fingerprint density at radius 3 is 3.10 bits per heavy atom. The van der Waals surface area contributed by atoms with Gasteiger partial charge in [-0.25, -0.2) is 0 Å². The minimum Gasteiger partial charge on any atom is -0.363 e. The van der Waals surface area contributed by atoms with Gasteiger partial charge >= 0.3 is 0 Å². The highest BCUT2D eigenvalue weighted by Gasteiger charge is 2.22. The van der Waals surface area contributed by atoms with Gasteiger partial charge in [0.15, 0.2) is 0 Å². The van der Waals surface area contributed by atoms with Gasteiger partial charge in [0.1, 0.15) is 0 Å². The largest absolute Gasteiger partial charge is 0.363 e. The standard InChI is InChI=1S/C18H20N2S/c1-14-8-9-16-6-2-3-7-18(16)20(14)12-17-11-15(13-21-17)5-4-10-19/h2-3,6-7,11,13-14H,8-10,12,19H2,1H3. The number of nitrogens with zero attached hydrogens (tertiary/aromatic N) is 1. The van der Waals surface area contributed by atoms with Gasteiger partial charge in [0.25, 0.3) is 0 Å². The van der Waals surface area contributed by atoms with Crippen LogP contribution >= 0.6 is 11.3 Å². The summed E-state index contributed by atoms with van der Waals surface area (Å²) in [6.07, 6.45) is 2.41. The Bertz CT molecular complexity index is 678. The molecular formula is C18H20N2S. The van der Waals surface area contributed by atoms with Gasteiger partial charge < -0.3 is 10.6 Å². The van der Waals surface area contributed by atoms with Crippen LogP contribution in [-0.2, 0) is 13.0 Å². The van der Waals surface area contributed by atoms with Crippen LogP contribution in [0.15, 0.2) is 35.7 Å². The summed E-state index contributed by atoms with van der Waals surface area (Å²) in [5.41, 5.74) is 9.36. The van der Waals surface area contributed by atoms with Crippen LogP contribution in [0.25, 0.3) is 0 Å². The summed E-state index contributed by atoms with van der Waals surface area (Å²) >= 11 is 1.79. The number of benzene rings is 1. The molecule has 0 saturated heterocycles. The Balaban J connectivity index is 1.82. The molecule has 2 heterocycles. The zero-order valence-corrected chi connectivity index (χ0v) is 13.1. The number of nitrogens with two attached hydrogens (primary N) is 1. The fourth-order valence-electron chi connectivity index (χ4n) is 2.85. The van der Waals surface area contributed by atoms with E-state index in [0.717, 1.165) is 12.1 Å². The Kier molecular flexibility index (Phi) is 4.28. The molecule has 1 atom stereocenters. The van der Waals surface area contributed by atoms with Gasteiger partial charge in [-0.05, 0) is 37.5 Å². The van der Waals surface area contributed by atoms with Crippen LogP contribution in [0, 0.1) is 11.8 Å². The number of para-hydroxylation sites is 1. The van der Waals surface area contributed by atoms with Gasteiger partial charge in [0.05, 0.1) is 13.1 Å². The van der Waals surface area contributed by atoms with Gasteiger partial charge in [-0.2, -0.15) is 0 Å². The van der Waals surface area contributed by atoms with E-state index >= 15 is 0 Å². The second-order valence-corrected chi connectivity index (χ2v) is 6.45. The lowest BCUT2D eigenvalue weighted by atomic mass is 9.96. The number of anilines is 1. The van der Waals surface area contributed by atoms with Crippen molar-refractivity contribution in [3.8, 4) is 11.8 Å². The highest BCUT2D eigenvalue weighted by atomic mass is 32.1. The predicted octanol–water partition coefficient (Wildman–Crippen LogP) is 3.40. The molecule has 1 aromatic carbocycles. The zero-order valence-electron chi connectivity index (χ0n) is 12.3. The van der Waals surface area contributed by atoms with Gasteiger partial charge in [-0.3, -0.25) is 0 Å². The molecule has 2 aromatic rings. The van der Waals surface area contributed by atoms with Crippen LogP contribution in [0.2, 0.25) is 0 Å². The van der Waals surface area contributed by atoms with Crippen molar-refractivity contribution in [1.29, 1.82) is 0 Å². The molecule has 1 aliphatic heterocycles. The Labute approximate surface area is 130 Å². The third-order valence-electron chi connectivity index (χ3n) is 3.98. The summed E-state index contributed by atoms with van der Waals surface area (Å²) in [5, 5.41) is 2.12. The Morgan fingerprint density at radius 1 is 1.38 bits per heavy atom. The molecule has 3 rings (SSSR count). The van der Waals surface area contributed by atoms with E-state index in [-0.39, 0.29) is 0 Å². The predicted molar refractivity (Wildman–Crippen MR) is 90.7 cm³/mol. The van der Waals surface area contributed by atoms with Crippen LogP contribution in [0.3, 0.4) is 0 Å². The van der Waals surface area contributed by atoms with E-state index in [2.05, 4.69) is 59.4 Å². The molecule has 1 aromatic heterocycles. The van der Waals surface area contributed by atoms with E-state index in [1.165, 1.54) is 29.0 Å². The average Bonchev–Trinajstić information content (AvgIpc) is 2.96. The van der Waals surface area contributed by atoms with Crippen molar-refractivity contribution < 1.29 is 0 Å². The van der Waals surface area contributed by atoms with Crippen molar-refractivity contribution >= 4 is 17.0 Å². The minimum atomic E-state index is 0.418. The average molecular weight is 296 g/mol. The molecule has 0 saturated carbocycles. The number of thiophene rings is 1. The monoisotopic (exact) mass is 296 g/mol. The number of hydrogen-bond acceptors (Lipinski definition) is 3. The topological polar surface area (TPSA) is 29.3 Å². The Hall–Kier alpha value is -1.76. The number of fused-ring (bicyclic) bond motifs is 1. The summed E-state index contributed by atoms with van der Waals surface area (Å²) in [7, 11) is 0. The summed E-state index contributed by atoms with van der Waals surface area (Å²) in [5.74, 6) is 6.03. The van der Waals surface area contributed by atoms with Crippen LogP contribution in [0.1, 0.15) is 29.3 Å². The molecule has 0 amide bonds. The molecule has 21 heavy (non-hydrogen) atoms. The maximum absolute atomic E-state index is 5.43. The molecule has 1 aliphatic rings. The van der Waals surface area contributed by atoms with Crippen molar-refractivity contribution in [2.75, 3.05) is 11.4 Å². The lowest BCUT2D eigenvalue weighted by molar-refractivity contribution is 0.562. The molecule has 1 unspecified atom stereocenters. The van der Waals surface area contributed by atoms with Gasteiger partial charge in [-0.1, -0.05) is 30.0 Å². The van der Waals surface area contributed by atoms with Crippen LogP contribution < -0.4 is 10.6 Å². The summed E-state index contributed by atoms with van der Waals surface area (Å²) in [6, 6.07) is 11.5. The molecule has 0 bridgehead atoms. The van der Waals surface area contributed by atoms with E-state index in [0.29, 0.717) is 12.6 Å².